The summed E-state index contributed by atoms with van der Waals surface area (Å²) >= 11 is 0. The average molecular weight is 368 g/mol. The minimum absolute atomic E-state index is 0.249. The standard InChI is InChI=1S/C22H45N3O/c1-3-4-5-6-7-8-9-10-11-12-13-15-22(26)23-16-14-17-25-20-18-24(2)19-21-25/h3-21H2,1-2H3,(H,23,26). The molecule has 1 N–H and O–H groups in total. The summed E-state index contributed by atoms with van der Waals surface area (Å²) in [6.07, 6.45) is 16.5. The summed E-state index contributed by atoms with van der Waals surface area (Å²) in [6.45, 7) is 8.91. The predicted octanol–water partition coefficient (Wildman–Crippen LogP) is 4.44. The van der Waals surface area contributed by atoms with Gasteiger partial charge in [0, 0.05) is 39.1 Å². The molecule has 0 spiro atoms. The Morgan fingerprint density at radius 3 is 1.88 bits per heavy atom. The second-order valence-corrected chi connectivity index (χ2v) is 8.13. The van der Waals surface area contributed by atoms with Gasteiger partial charge in [-0.15, -0.1) is 0 Å². The number of carbonyl (C=O) groups excluding carboxylic acids is 1. The Morgan fingerprint density at radius 2 is 1.31 bits per heavy atom. The van der Waals surface area contributed by atoms with Gasteiger partial charge in [0.15, 0.2) is 0 Å². The van der Waals surface area contributed by atoms with Crippen molar-refractivity contribution in [2.75, 3.05) is 46.3 Å². The van der Waals surface area contributed by atoms with Gasteiger partial charge in [0.2, 0.25) is 5.91 Å². The van der Waals surface area contributed by atoms with Gasteiger partial charge in [-0.1, -0.05) is 71.1 Å². The minimum Gasteiger partial charge on any atom is -0.356 e. The number of nitrogens with one attached hydrogen (secondary N) is 1. The third kappa shape index (κ3) is 13.6. The first kappa shape index (κ1) is 23.4. The number of likely N-dealkylation sites (N-methyl/N-ethyl adjacent to an activating group) is 1. The van der Waals surface area contributed by atoms with E-state index in [1.165, 1.54) is 90.4 Å². The van der Waals surface area contributed by atoms with Gasteiger partial charge >= 0.3 is 0 Å². The van der Waals surface area contributed by atoms with Gasteiger partial charge in [0.05, 0.1) is 0 Å². The smallest absolute Gasteiger partial charge is 0.219 e. The van der Waals surface area contributed by atoms with Gasteiger partial charge in [0.1, 0.15) is 0 Å². The third-order valence-corrected chi connectivity index (χ3v) is 5.58. The average Bonchev–Trinajstić information content (AvgIpc) is 2.65. The van der Waals surface area contributed by atoms with Gasteiger partial charge in [-0.25, -0.2) is 0 Å². The van der Waals surface area contributed by atoms with Crippen molar-refractivity contribution in [3.63, 3.8) is 0 Å². The van der Waals surface area contributed by atoms with Gasteiger partial charge in [0.25, 0.3) is 0 Å². The van der Waals surface area contributed by atoms with Crippen molar-refractivity contribution in [1.29, 1.82) is 0 Å². The molecule has 1 heterocycles. The van der Waals surface area contributed by atoms with Crippen molar-refractivity contribution in [3.8, 4) is 0 Å². The molecule has 0 radical (unpaired) electrons. The number of nitrogens with zero attached hydrogens (tertiary/aromatic N) is 2. The van der Waals surface area contributed by atoms with Crippen molar-refractivity contribution in [2.24, 2.45) is 0 Å². The molecular weight excluding hydrogens is 322 g/mol. The van der Waals surface area contributed by atoms with Crippen LogP contribution in [0.2, 0.25) is 0 Å². The number of piperazine rings is 1. The van der Waals surface area contributed by atoms with E-state index >= 15 is 0 Å². The summed E-state index contributed by atoms with van der Waals surface area (Å²) in [5, 5.41) is 3.09. The third-order valence-electron chi connectivity index (χ3n) is 5.58. The molecule has 1 rings (SSSR count). The molecular formula is C22H45N3O. The van der Waals surface area contributed by atoms with E-state index < -0.39 is 0 Å². The van der Waals surface area contributed by atoms with Crippen LogP contribution in [0.25, 0.3) is 0 Å². The first-order valence-corrected chi connectivity index (χ1v) is 11.4. The molecule has 0 saturated carbocycles. The first-order valence-electron chi connectivity index (χ1n) is 11.4. The molecule has 0 aromatic carbocycles. The molecule has 1 saturated heterocycles. The molecule has 0 atom stereocenters. The van der Waals surface area contributed by atoms with Crippen LogP contribution < -0.4 is 5.32 Å². The van der Waals surface area contributed by atoms with Crippen LogP contribution in [0.15, 0.2) is 0 Å². The van der Waals surface area contributed by atoms with Crippen molar-refractivity contribution in [1.82, 2.24) is 15.1 Å². The lowest BCUT2D eigenvalue weighted by Crippen LogP contribution is -2.45. The molecule has 4 heteroatoms. The number of carbonyl (C=O) groups is 1. The molecule has 0 unspecified atom stereocenters. The van der Waals surface area contributed by atoms with Gasteiger partial charge in [-0.3, -0.25) is 4.79 Å². The molecule has 1 aliphatic rings. The number of unbranched alkanes of at least 4 members (excludes halogenated alkanes) is 10. The highest BCUT2D eigenvalue weighted by molar-refractivity contribution is 5.75. The van der Waals surface area contributed by atoms with Crippen LogP contribution >= 0.6 is 0 Å². The van der Waals surface area contributed by atoms with E-state index in [0.29, 0.717) is 6.42 Å². The highest BCUT2D eigenvalue weighted by atomic mass is 16.1. The number of hydrogen-bond donors (Lipinski definition) is 1. The molecule has 0 bridgehead atoms. The fourth-order valence-electron chi connectivity index (χ4n) is 3.64. The van der Waals surface area contributed by atoms with E-state index in [-0.39, 0.29) is 5.91 Å². The highest BCUT2D eigenvalue weighted by Crippen LogP contribution is 2.11. The van der Waals surface area contributed by atoms with E-state index in [4.69, 9.17) is 0 Å². The van der Waals surface area contributed by atoms with E-state index in [1.807, 2.05) is 0 Å². The van der Waals surface area contributed by atoms with Crippen molar-refractivity contribution in [2.45, 2.75) is 90.4 Å². The molecule has 154 valence electrons. The molecule has 0 aromatic rings. The summed E-state index contributed by atoms with van der Waals surface area (Å²) in [5.74, 6) is 0.249. The summed E-state index contributed by atoms with van der Waals surface area (Å²) in [5.41, 5.74) is 0. The lowest BCUT2D eigenvalue weighted by molar-refractivity contribution is -0.121. The molecule has 1 aliphatic heterocycles. The van der Waals surface area contributed by atoms with Crippen LogP contribution in [-0.2, 0) is 4.79 Å². The molecule has 1 fully saturated rings. The Kier molecular flexibility index (Phi) is 14.9. The largest absolute Gasteiger partial charge is 0.356 e. The van der Waals surface area contributed by atoms with Gasteiger partial charge < -0.3 is 15.1 Å². The normalized spacial score (nSPS) is 16.1. The molecule has 0 aromatic heterocycles. The Morgan fingerprint density at radius 1 is 0.769 bits per heavy atom. The van der Waals surface area contributed by atoms with Crippen LogP contribution in [0.1, 0.15) is 90.4 Å². The van der Waals surface area contributed by atoms with Crippen molar-refractivity contribution < 1.29 is 4.79 Å². The zero-order valence-electron chi connectivity index (χ0n) is 17.7. The predicted molar refractivity (Wildman–Crippen MR) is 113 cm³/mol. The second-order valence-electron chi connectivity index (χ2n) is 8.13. The van der Waals surface area contributed by atoms with E-state index in [2.05, 4.69) is 29.1 Å². The van der Waals surface area contributed by atoms with Crippen molar-refractivity contribution >= 4 is 5.91 Å². The van der Waals surface area contributed by atoms with E-state index in [9.17, 15) is 4.79 Å². The number of rotatable bonds is 16. The van der Waals surface area contributed by atoms with Crippen LogP contribution in [-0.4, -0.2) is 62.0 Å². The Hall–Kier alpha value is -0.610. The fourth-order valence-corrected chi connectivity index (χ4v) is 3.64. The molecule has 1 amide bonds. The van der Waals surface area contributed by atoms with Gasteiger partial charge in [-0.2, -0.15) is 0 Å². The summed E-state index contributed by atoms with van der Waals surface area (Å²) < 4.78 is 0. The maximum absolute atomic E-state index is 11.9. The topological polar surface area (TPSA) is 35.6 Å². The van der Waals surface area contributed by atoms with E-state index in [0.717, 1.165) is 25.9 Å². The monoisotopic (exact) mass is 367 g/mol. The summed E-state index contributed by atoms with van der Waals surface area (Å²) in [6, 6.07) is 0. The lowest BCUT2D eigenvalue weighted by atomic mass is 10.1. The van der Waals surface area contributed by atoms with Crippen molar-refractivity contribution in [3.05, 3.63) is 0 Å². The van der Waals surface area contributed by atoms with Crippen LogP contribution in [0.5, 0.6) is 0 Å². The molecule has 0 aliphatic carbocycles. The van der Waals surface area contributed by atoms with E-state index in [1.54, 1.807) is 0 Å². The summed E-state index contributed by atoms with van der Waals surface area (Å²) in [7, 11) is 2.19. The summed E-state index contributed by atoms with van der Waals surface area (Å²) in [4.78, 5) is 16.8. The zero-order chi connectivity index (χ0) is 18.9. The fraction of sp³-hybridized carbons (Fsp3) is 0.955. The van der Waals surface area contributed by atoms with Crippen LogP contribution in [0.4, 0.5) is 0 Å². The Labute approximate surface area is 163 Å². The Bertz CT molecular complexity index is 327. The SMILES string of the molecule is CCCCCCCCCCCCCC(=O)NCCCN1CCN(C)CC1. The maximum Gasteiger partial charge on any atom is 0.219 e. The Balaban J connectivity index is 1.78. The maximum atomic E-state index is 11.9. The minimum atomic E-state index is 0.249. The lowest BCUT2D eigenvalue weighted by Gasteiger charge is -2.32. The quantitative estimate of drug-likeness (QED) is 0.410. The molecule has 26 heavy (non-hydrogen) atoms. The first-order chi connectivity index (χ1) is 12.7. The number of hydrogen-bond acceptors (Lipinski definition) is 3. The second kappa shape index (κ2) is 16.6. The highest BCUT2D eigenvalue weighted by Gasteiger charge is 2.12. The molecule has 4 nitrogen and oxygen atoms in total. The number of amides is 1. The van der Waals surface area contributed by atoms with Crippen LogP contribution in [0.3, 0.4) is 0 Å². The van der Waals surface area contributed by atoms with Crippen LogP contribution in [0, 0.1) is 0 Å². The zero-order valence-corrected chi connectivity index (χ0v) is 17.7. The van der Waals surface area contributed by atoms with Gasteiger partial charge in [-0.05, 0) is 26.4 Å².